The third-order valence-corrected chi connectivity index (χ3v) is 7.19. The van der Waals surface area contributed by atoms with Crippen molar-refractivity contribution in [2.45, 2.75) is 70.4 Å². The molecule has 0 aromatic carbocycles. The van der Waals surface area contributed by atoms with Crippen LogP contribution in [0.15, 0.2) is 24.5 Å². The normalized spacial score (nSPS) is 19.7. The number of aromatic nitrogens is 2. The van der Waals surface area contributed by atoms with Gasteiger partial charge in [0.05, 0.1) is 16.7 Å². The fraction of sp³-hybridized carbons (Fsp3) is 0.538. The summed E-state index contributed by atoms with van der Waals surface area (Å²) >= 11 is 6.15. The maximum atomic E-state index is 12.7. The molecule has 8 nitrogen and oxygen atoms in total. The summed E-state index contributed by atoms with van der Waals surface area (Å²) in [6.07, 6.45) is 10.1. The minimum Gasteiger partial charge on any atom is -0.480 e. The predicted octanol–water partition coefficient (Wildman–Crippen LogP) is 4.05. The number of carboxylic acids is 1. The highest BCUT2D eigenvalue weighted by Gasteiger charge is 2.30. The van der Waals surface area contributed by atoms with Crippen molar-refractivity contribution in [2.24, 2.45) is 5.92 Å². The highest BCUT2D eigenvalue weighted by Crippen LogP contribution is 2.34. The number of amides is 1. The minimum atomic E-state index is -1.09. The number of halogens is 1. The van der Waals surface area contributed by atoms with Gasteiger partial charge >= 0.3 is 5.97 Å². The zero-order chi connectivity index (χ0) is 24.8. The van der Waals surface area contributed by atoms with E-state index < -0.39 is 17.9 Å². The van der Waals surface area contributed by atoms with Crippen LogP contribution in [0.25, 0.3) is 0 Å². The Morgan fingerprint density at radius 1 is 1.31 bits per heavy atom. The number of rotatable bonds is 11. The van der Waals surface area contributed by atoms with Gasteiger partial charge in [0, 0.05) is 37.7 Å². The molecule has 1 saturated carbocycles. The van der Waals surface area contributed by atoms with E-state index in [1.807, 2.05) is 6.92 Å². The Kier molecular flexibility index (Phi) is 8.57. The molecule has 0 bridgehead atoms. The number of nitrogens with zero attached hydrogens (tertiary/aromatic N) is 2. The monoisotopic (exact) mass is 500 g/mol. The molecule has 0 unspecified atom stereocenters. The molecular weight excluding hydrogens is 468 g/mol. The Balaban J connectivity index is 1.18. The maximum absolute atomic E-state index is 12.7. The number of pyridine rings is 2. The van der Waals surface area contributed by atoms with E-state index >= 15 is 0 Å². The third kappa shape index (κ3) is 6.49. The zero-order valence-electron chi connectivity index (χ0n) is 20.1. The van der Waals surface area contributed by atoms with Gasteiger partial charge in [-0.05, 0) is 68.1 Å². The number of hydrogen-bond acceptors (Lipinski definition) is 6. The molecular formula is C26H33ClN4O4. The molecule has 3 N–H and O–H groups in total. The fourth-order valence-corrected chi connectivity index (χ4v) is 5.01. The van der Waals surface area contributed by atoms with Crippen molar-refractivity contribution >= 4 is 29.3 Å². The smallest absolute Gasteiger partial charge is 0.326 e. The van der Waals surface area contributed by atoms with E-state index in [0.29, 0.717) is 17.9 Å². The van der Waals surface area contributed by atoms with Gasteiger partial charge in [0.2, 0.25) is 0 Å². The molecule has 1 aliphatic heterocycles. The summed E-state index contributed by atoms with van der Waals surface area (Å²) in [5.74, 6) is 0.0443. The number of carboxylic acid groups (broad SMARTS) is 1. The van der Waals surface area contributed by atoms with Crippen LogP contribution in [0.2, 0.25) is 5.02 Å². The average Bonchev–Trinajstić information content (AvgIpc) is 2.83. The number of nitrogens with one attached hydrogen (secondary N) is 2. The molecule has 2 aromatic rings. The molecule has 0 saturated heterocycles. The minimum absolute atomic E-state index is 0.143. The Labute approximate surface area is 210 Å². The number of aryl methyl sites for hydroxylation is 3. The fourth-order valence-electron chi connectivity index (χ4n) is 4.74. The van der Waals surface area contributed by atoms with Crippen molar-refractivity contribution in [1.82, 2.24) is 15.3 Å². The van der Waals surface area contributed by atoms with E-state index in [1.54, 1.807) is 6.20 Å². The van der Waals surface area contributed by atoms with E-state index in [9.17, 15) is 14.7 Å². The molecule has 1 fully saturated rings. The van der Waals surface area contributed by atoms with Crippen molar-refractivity contribution in [3.63, 3.8) is 0 Å². The lowest BCUT2D eigenvalue weighted by Crippen LogP contribution is -2.42. The van der Waals surface area contributed by atoms with E-state index in [0.717, 1.165) is 56.6 Å². The van der Waals surface area contributed by atoms with Gasteiger partial charge in [-0.2, -0.15) is 0 Å². The predicted molar refractivity (Wildman–Crippen MR) is 134 cm³/mol. The van der Waals surface area contributed by atoms with E-state index in [1.165, 1.54) is 11.8 Å². The lowest BCUT2D eigenvalue weighted by atomic mass is 9.79. The van der Waals surface area contributed by atoms with E-state index in [2.05, 4.69) is 27.8 Å². The number of carbonyl (C=O) groups excluding carboxylic acids is 1. The largest absolute Gasteiger partial charge is 0.480 e. The van der Waals surface area contributed by atoms with Crippen molar-refractivity contribution in [3.05, 3.63) is 51.9 Å². The van der Waals surface area contributed by atoms with Gasteiger partial charge in [0.15, 0.2) is 0 Å². The first-order valence-electron chi connectivity index (χ1n) is 12.4. The molecule has 188 valence electrons. The number of anilines is 1. The van der Waals surface area contributed by atoms with Crippen molar-refractivity contribution in [2.75, 3.05) is 18.5 Å². The Morgan fingerprint density at radius 2 is 2.14 bits per heavy atom. The van der Waals surface area contributed by atoms with Gasteiger partial charge in [0.25, 0.3) is 5.91 Å². The lowest BCUT2D eigenvalue weighted by molar-refractivity contribution is -0.140. The summed E-state index contributed by atoms with van der Waals surface area (Å²) in [4.78, 5) is 33.2. The first kappa shape index (κ1) is 25.4. The Hall–Kier alpha value is -2.71. The molecule has 9 heteroatoms. The van der Waals surface area contributed by atoms with Crippen molar-refractivity contribution < 1.29 is 19.4 Å². The molecule has 2 aliphatic rings. The zero-order valence-corrected chi connectivity index (χ0v) is 20.8. The van der Waals surface area contributed by atoms with Crippen LogP contribution >= 0.6 is 11.6 Å². The summed E-state index contributed by atoms with van der Waals surface area (Å²) in [5, 5.41) is 15.8. The number of fused-ring (bicyclic) bond motifs is 1. The molecule has 1 amide bonds. The van der Waals surface area contributed by atoms with Gasteiger partial charge < -0.3 is 20.5 Å². The van der Waals surface area contributed by atoms with Crippen LogP contribution in [0.1, 0.15) is 66.2 Å². The van der Waals surface area contributed by atoms with Gasteiger partial charge in [-0.25, -0.2) is 9.78 Å². The average molecular weight is 501 g/mol. The standard InChI is InChI=1S/C26H33ClN4O4/c1-2-17-14-28-15-21(27)23(17)25(32)31-22(26(33)34)9-11-35-20-12-16(13-20)5-7-19-8-6-18-4-3-10-29-24(18)30-19/h6,8,14-16,20,22H,2-5,7,9-13H2,1H3,(H,29,30)(H,31,32)(H,33,34)/t16?,20?,22-/m0/s1. The van der Waals surface area contributed by atoms with Crippen LogP contribution in [0.5, 0.6) is 0 Å². The molecule has 0 spiro atoms. The van der Waals surface area contributed by atoms with Crippen LogP contribution in [0.4, 0.5) is 5.82 Å². The van der Waals surface area contributed by atoms with E-state index in [-0.39, 0.29) is 29.7 Å². The topological polar surface area (TPSA) is 113 Å². The van der Waals surface area contributed by atoms with Gasteiger partial charge in [0.1, 0.15) is 11.9 Å². The third-order valence-electron chi connectivity index (χ3n) is 6.90. The maximum Gasteiger partial charge on any atom is 0.326 e. The highest BCUT2D eigenvalue weighted by molar-refractivity contribution is 6.34. The highest BCUT2D eigenvalue weighted by atomic mass is 35.5. The van der Waals surface area contributed by atoms with Crippen LogP contribution in [0, 0.1) is 5.92 Å². The SMILES string of the molecule is CCc1cncc(Cl)c1C(=O)N[C@@H](CCOC1CC(CCc2ccc3c(n2)NCCC3)C1)C(=O)O. The van der Waals surface area contributed by atoms with Gasteiger partial charge in [-0.1, -0.05) is 24.6 Å². The van der Waals surface area contributed by atoms with Crippen molar-refractivity contribution in [1.29, 1.82) is 0 Å². The molecule has 3 heterocycles. The second-order valence-corrected chi connectivity index (χ2v) is 9.78. The molecule has 0 radical (unpaired) electrons. The van der Waals surface area contributed by atoms with Crippen LogP contribution in [0.3, 0.4) is 0 Å². The van der Waals surface area contributed by atoms with Crippen LogP contribution in [-0.4, -0.2) is 52.2 Å². The quantitative estimate of drug-likeness (QED) is 0.426. The first-order chi connectivity index (χ1) is 16.9. The Bertz CT molecular complexity index is 1060. The molecule has 4 rings (SSSR count). The number of hydrogen-bond donors (Lipinski definition) is 3. The number of ether oxygens (including phenoxy) is 1. The number of aliphatic carboxylic acids is 1. The lowest BCUT2D eigenvalue weighted by Gasteiger charge is -2.35. The summed E-state index contributed by atoms with van der Waals surface area (Å²) in [6.45, 7) is 3.16. The van der Waals surface area contributed by atoms with Crippen LogP contribution < -0.4 is 10.6 Å². The summed E-state index contributed by atoms with van der Waals surface area (Å²) in [6, 6.07) is 3.29. The molecule has 35 heavy (non-hydrogen) atoms. The van der Waals surface area contributed by atoms with Crippen molar-refractivity contribution in [3.8, 4) is 0 Å². The molecule has 1 aliphatic carbocycles. The van der Waals surface area contributed by atoms with Crippen LogP contribution in [-0.2, 0) is 28.8 Å². The van der Waals surface area contributed by atoms with E-state index in [4.69, 9.17) is 21.3 Å². The second kappa shape index (κ2) is 11.8. The summed E-state index contributed by atoms with van der Waals surface area (Å²) in [7, 11) is 0. The van der Waals surface area contributed by atoms with Gasteiger partial charge in [-0.15, -0.1) is 0 Å². The molecule has 2 aromatic heterocycles. The number of carbonyl (C=O) groups is 2. The summed E-state index contributed by atoms with van der Waals surface area (Å²) in [5.41, 5.74) is 3.39. The van der Waals surface area contributed by atoms with Gasteiger partial charge in [-0.3, -0.25) is 9.78 Å². The molecule has 1 atom stereocenters. The Morgan fingerprint density at radius 3 is 2.91 bits per heavy atom. The first-order valence-corrected chi connectivity index (χ1v) is 12.8. The summed E-state index contributed by atoms with van der Waals surface area (Å²) < 4.78 is 5.89. The second-order valence-electron chi connectivity index (χ2n) is 9.37.